The molecule has 3 aliphatic rings. The Morgan fingerprint density at radius 1 is 1.05 bits per heavy atom. The van der Waals surface area contributed by atoms with E-state index < -0.39 is 0 Å². The Labute approximate surface area is 136 Å². The molecule has 0 N–H and O–H groups in total. The van der Waals surface area contributed by atoms with Crippen LogP contribution in [0.15, 0.2) is 0 Å². The number of rotatable bonds is 6. The van der Waals surface area contributed by atoms with Crippen molar-refractivity contribution in [1.82, 2.24) is 9.80 Å². The quantitative estimate of drug-likeness (QED) is 0.751. The summed E-state index contributed by atoms with van der Waals surface area (Å²) in [6.07, 6.45) is 8.50. The molecule has 2 saturated heterocycles. The number of piperidine rings is 1. The van der Waals surface area contributed by atoms with Gasteiger partial charge in [-0.1, -0.05) is 12.8 Å². The minimum absolute atomic E-state index is 0.499. The summed E-state index contributed by atoms with van der Waals surface area (Å²) in [4.78, 5) is 5.40. The van der Waals surface area contributed by atoms with Gasteiger partial charge in [0.15, 0.2) is 0 Å². The number of ether oxygens (including phenoxy) is 2. The van der Waals surface area contributed by atoms with Crippen molar-refractivity contribution >= 4 is 0 Å². The fourth-order valence-corrected chi connectivity index (χ4v) is 5.14. The number of methoxy groups -OCH3 is 2. The van der Waals surface area contributed by atoms with Crippen molar-refractivity contribution in [1.29, 1.82) is 0 Å². The largest absolute Gasteiger partial charge is 0.384 e. The Morgan fingerprint density at radius 2 is 1.77 bits per heavy atom. The highest BCUT2D eigenvalue weighted by molar-refractivity contribution is 5.00. The summed E-state index contributed by atoms with van der Waals surface area (Å²) in [5.74, 6) is 0.708. The highest BCUT2D eigenvalue weighted by Crippen LogP contribution is 2.45. The maximum atomic E-state index is 5.56. The fraction of sp³-hybridized carbons (Fsp3) is 1.00. The van der Waals surface area contributed by atoms with Crippen molar-refractivity contribution in [2.45, 2.75) is 44.6 Å². The molecule has 0 aromatic heterocycles. The molecule has 4 nitrogen and oxygen atoms in total. The first-order chi connectivity index (χ1) is 10.8. The minimum Gasteiger partial charge on any atom is -0.384 e. The van der Waals surface area contributed by atoms with Gasteiger partial charge in [0.05, 0.1) is 13.2 Å². The van der Waals surface area contributed by atoms with Gasteiger partial charge in [-0.2, -0.15) is 0 Å². The number of hydrogen-bond donors (Lipinski definition) is 0. The van der Waals surface area contributed by atoms with Crippen molar-refractivity contribution in [2.24, 2.45) is 11.3 Å². The van der Waals surface area contributed by atoms with Gasteiger partial charge in [0.25, 0.3) is 0 Å². The Bertz CT molecular complexity index is 336. The van der Waals surface area contributed by atoms with E-state index in [2.05, 4.69) is 9.80 Å². The topological polar surface area (TPSA) is 24.9 Å². The van der Waals surface area contributed by atoms with Crippen LogP contribution in [0.1, 0.15) is 38.5 Å². The molecule has 0 aromatic rings. The third-order valence-electron chi connectivity index (χ3n) is 6.50. The van der Waals surface area contributed by atoms with Crippen LogP contribution in [0.3, 0.4) is 0 Å². The summed E-state index contributed by atoms with van der Waals surface area (Å²) < 4.78 is 10.8. The molecule has 0 radical (unpaired) electrons. The fourth-order valence-electron chi connectivity index (χ4n) is 5.14. The molecule has 1 saturated carbocycles. The van der Waals surface area contributed by atoms with E-state index in [1.165, 1.54) is 64.7 Å². The lowest BCUT2D eigenvalue weighted by Gasteiger charge is -2.44. The maximum Gasteiger partial charge on any atom is 0.0589 e. The number of hydrogen-bond acceptors (Lipinski definition) is 4. The average Bonchev–Trinajstić information content (AvgIpc) is 3.16. The zero-order valence-corrected chi connectivity index (χ0v) is 14.6. The third-order valence-corrected chi connectivity index (χ3v) is 6.50. The molecule has 128 valence electrons. The van der Waals surface area contributed by atoms with E-state index in [4.69, 9.17) is 9.47 Å². The normalized spacial score (nSPS) is 30.5. The standard InChI is InChI=1S/C18H34N2O2/c1-21-12-11-19-13-16(14-22-2)18(15-19)7-9-20(10-8-18)17-5-3-4-6-17/h16-17H,3-15H2,1-2H3/t16-/m1/s1. The van der Waals surface area contributed by atoms with Gasteiger partial charge in [-0.05, 0) is 44.2 Å². The van der Waals surface area contributed by atoms with E-state index in [1.807, 2.05) is 7.11 Å². The Morgan fingerprint density at radius 3 is 2.41 bits per heavy atom. The molecule has 22 heavy (non-hydrogen) atoms. The summed E-state index contributed by atoms with van der Waals surface area (Å²) in [5.41, 5.74) is 0.499. The van der Waals surface area contributed by atoms with Gasteiger partial charge in [0.2, 0.25) is 0 Å². The first-order valence-corrected chi connectivity index (χ1v) is 9.22. The number of nitrogens with zero attached hydrogens (tertiary/aromatic N) is 2. The lowest BCUT2D eigenvalue weighted by atomic mass is 9.71. The molecule has 3 fully saturated rings. The Kier molecular flexibility index (Phi) is 5.77. The highest BCUT2D eigenvalue weighted by Gasteiger charge is 2.48. The zero-order valence-electron chi connectivity index (χ0n) is 14.6. The summed E-state index contributed by atoms with van der Waals surface area (Å²) in [5, 5.41) is 0. The molecule has 0 unspecified atom stereocenters. The molecule has 4 heteroatoms. The molecular formula is C18H34N2O2. The SMILES string of the molecule is COCCN1C[C@H](COC)C2(CCN(C3CCCC3)CC2)C1. The van der Waals surface area contributed by atoms with Crippen molar-refractivity contribution in [3.8, 4) is 0 Å². The van der Waals surface area contributed by atoms with E-state index in [0.29, 0.717) is 11.3 Å². The van der Waals surface area contributed by atoms with E-state index >= 15 is 0 Å². The molecule has 2 aliphatic heterocycles. The van der Waals surface area contributed by atoms with Gasteiger partial charge in [-0.25, -0.2) is 0 Å². The van der Waals surface area contributed by atoms with Crippen LogP contribution in [-0.2, 0) is 9.47 Å². The minimum atomic E-state index is 0.499. The van der Waals surface area contributed by atoms with Gasteiger partial charge < -0.3 is 19.3 Å². The van der Waals surface area contributed by atoms with Crippen LogP contribution in [0.5, 0.6) is 0 Å². The van der Waals surface area contributed by atoms with Crippen LogP contribution in [0.25, 0.3) is 0 Å². The summed E-state index contributed by atoms with van der Waals surface area (Å²) in [6.45, 7) is 7.91. The lowest BCUT2D eigenvalue weighted by Crippen LogP contribution is -2.48. The molecule has 1 aliphatic carbocycles. The summed E-state index contributed by atoms with van der Waals surface area (Å²) >= 11 is 0. The van der Waals surface area contributed by atoms with Gasteiger partial charge in [0, 0.05) is 45.8 Å². The van der Waals surface area contributed by atoms with E-state index in [1.54, 1.807) is 7.11 Å². The molecule has 0 aromatic carbocycles. The summed E-state index contributed by atoms with van der Waals surface area (Å²) in [7, 11) is 3.66. The second-order valence-electron chi connectivity index (χ2n) is 7.72. The van der Waals surface area contributed by atoms with Crippen molar-refractivity contribution in [2.75, 3.05) is 60.2 Å². The van der Waals surface area contributed by atoms with Crippen LogP contribution in [0.2, 0.25) is 0 Å². The molecule has 0 amide bonds. The van der Waals surface area contributed by atoms with Crippen LogP contribution in [0.4, 0.5) is 0 Å². The van der Waals surface area contributed by atoms with Gasteiger partial charge in [-0.15, -0.1) is 0 Å². The Hall–Kier alpha value is -0.160. The van der Waals surface area contributed by atoms with Crippen molar-refractivity contribution in [3.63, 3.8) is 0 Å². The summed E-state index contributed by atoms with van der Waals surface area (Å²) in [6, 6.07) is 0.893. The monoisotopic (exact) mass is 310 g/mol. The Balaban J connectivity index is 1.58. The van der Waals surface area contributed by atoms with E-state index in [9.17, 15) is 0 Å². The second-order valence-corrected chi connectivity index (χ2v) is 7.72. The molecule has 1 spiro atoms. The highest BCUT2D eigenvalue weighted by atomic mass is 16.5. The maximum absolute atomic E-state index is 5.56. The van der Waals surface area contributed by atoms with Crippen LogP contribution in [-0.4, -0.2) is 76.0 Å². The predicted molar refractivity (Wildman–Crippen MR) is 89.2 cm³/mol. The van der Waals surface area contributed by atoms with Gasteiger partial charge >= 0.3 is 0 Å². The van der Waals surface area contributed by atoms with Crippen LogP contribution >= 0.6 is 0 Å². The molecule has 1 atom stereocenters. The lowest BCUT2D eigenvalue weighted by molar-refractivity contribution is 0.0237. The first-order valence-electron chi connectivity index (χ1n) is 9.22. The van der Waals surface area contributed by atoms with Crippen LogP contribution in [0, 0.1) is 11.3 Å². The van der Waals surface area contributed by atoms with Gasteiger partial charge in [0.1, 0.15) is 0 Å². The second kappa shape index (κ2) is 7.61. The smallest absolute Gasteiger partial charge is 0.0589 e. The van der Waals surface area contributed by atoms with Crippen molar-refractivity contribution < 1.29 is 9.47 Å². The van der Waals surface area contributed by atoms with E-state index in [-0.39, 0.29) is 0 Å². The predicted octanol–water partition coefficient (Wildman–Crippen LogP) is 2.24. The van der Waals surface area contributed by atoms with Crippen LogP contribution < -0.4 is 0 Å². The van der Waals surface area contributed by atoms with E-state index in [0.717, 1.165) is 25.8 Å². The first kappa shape index (κ1) is 16.7. The third kappa shape index (κ3) is 3.50. The number of likely N-dealkylation sites (tertiary alicyclic amines) is 2. The molecule has 3 rings (SSSR count). The molecular weight excluding hydrogens is 276 g/mol. The average molecular weight is 310 g/mol. The van der Waals surface area contributed by atoms with Crippen molar-refractivity contribution in [3.05, 3.63) is 0 Å². The molecule has 2 heterocycles. The molecule has 0 bridgehead atoms. The van der Waals surface area contributed by atoms with Gasteiger partial charge in [-0.3, -0.25) is 0 Å². The zero-order chi connectivity index (χ0) is 15.4.